The van der Waals surface area contributed by atoms with Gasteiger partial charge in [-0.2, -0.15) is 0 Å². The average Bonchev–Trinajstić information content (AvgIpc) is 3.66. The predicted molar refractivity (Wildman–Crippen MR) is 149 cm³/mol. The van der Waals surface area contributed by atoms with E-state index in [0.717, 1.165) is 22.9 Å². The molecule has 216 valence electrons. The number of amides is 1. The number of sulfonamides is 1. The van der Waals surface area contributed by atoms with Crippen LogP contribution in [0.1, 0.15) is 31.2 Å². The quantitative estimate of drug-likeness (QED) is 0.213. The molecule has 1 amide bonds. The van der Waals surface area contributed by atoms with Crippen molar-refractivity contribution in [3.8, 4) is 5.75 Å². The van der Waals surface area contributed by atoms with Gasteiger partial charge in [-0.05, 0) is 43.0 Å². The van der Waals surface area contributed by atoms with E-state index in [9.17, 15) is 18.3 Å². The third-order valence-corrected chi connectivity index (χ3v) is 8.17. The first-order valence-corrected chi connectivity index (χ1v) is 14.7. The molecule has 0 bridgehead atoms. The molecule has 4 rings (SSSR count). The summed E-state index contributed by atoms with van der Waals surface area (Å²) in [7, 11) is -4.18. The van der Waals surface area contributed by atoms with Crippen LogP contribution in [0.2, 0.25) is 0 Å². The lowest BCUT2D eigenvalue weighted by molar-refractivity contribution is -0.145. The second-order valence-corrected chi connectivity index (χ2v) is 11.4. The molecule has 0 saturated heterocycles. The van der Waals surface area contributed by atoms with E-state index in [4.69, 9.17) is 19.7 Å². The largest absolute Gasteiger partial charge is 0.469 e. The number of benzene rings is 2. The van der Waals surface area contributed by atoms with Crippen LogP contribution in [0.25, 0.3) is 0 Å². The fraction of sp³-hybridized carbons (Fsp3) is 0.393. The lowest BCUT2D eigenvalue weighted by Crippen LogP contribution is -2.51. The van der Waals surface area contributed by atoms with Gasteiger partial charge in [0, 0.05) is 24.8 Å². The molecular formula is C28H36N4O7S. The number of carbonyl (C=O) groups is 1. The van der Waals surface area contributed by atoms with Crippen LogP contribution in [0.3, 0.4) is 0 Å². The Bertz CT molecular complexity index is 1300. The fourth-order valence-corrected chi connectivity index (χ4v) is 5.83. The molecule has 1 aliphatic rings. The predicted octanol–water partition coefficient (Wildman–Crippen LogP) is 3.28. The molecule has 1 saturated carbocycles. The minimum atomic E-state index is -4.18. The summed E-state index contributed by atoms with van der Waals surface area (Å²) in [6, 6.07) is 16.2. The van der Waals surface area contributed by atoms with Crippen molar-refractivity contribution in [1.29, 1.82) is 0 Å². The van der Waals surface area contributed by atoms with Gasteiger partial charge in [-0.15, -0.1) is 0 Å². The number of nitrogens with two attached hydrogens (primary N) is 1. The smallest absolute Gasteiger partial charge is 0.413 e. The van der Waals surface area contributed by atoms with Crippen molar-refractivity contribution in [1.82, 2.24) is 9.79 Å². The maximum Gasteiger partial charge on any atom is 0.413 e. The van der Waals surface area contributed by atoms with Gasteiger partial charge in [-0.3, -0.25) is 4.84 Å². The van der Waals surface area contributed by atoms with Crippen molar-refractivity contribution in [2.75, 3.05) is 25.0 Å². The number of anilines is 1. The number of furan rings is 1. The molecule has 0 spiro atoms. The number of hydrogen-bond acceptors (Lipinski definition) is 9. The molecule has 1 aliphatic carbocycles. The van der Waals surface area contributed by atoms with Crippen LogP contribution in [-0.2, 0) is 21.3 Å². The molecule has 0 radical (unpaired) electrons. The molecule has 3 aromatic rings. The summed E-state index contributed by atoms with van der Waals surface area (Å²) < 4.78 is 38.6. The van der Waals surface area contributed by atoms with Gasteiger partial charge in [-0.25, -0.2) is 13.2 Å². The van der Waals surface area contributed by atoms with Gasteiger partial charge in [0.2, 0.25) is 0 Å². The molecule has 0 aliphatic heterocycles. The summed E-state index contributed by atoms with van der Waals surface area (Å²) in [6.45, 7) is 0.452. The Morgan fingerprint density at radius 1 is 1.12 bits per heavy atom. The summed E-state index contributed by atoms with van der Waals surface area (Å²) in [5.41, 5.74) is 7.00. The Morgan fingerprint density at radius 3 is 2.60 bits per heavy atom. The van der Waals surface area contributed by atoms with Crippen LogP contribution in [0.5, 0.6) is 5.75 Å². The first-order chi connectivity index (χ1) is 19.3. The average molecular weight is 573 g/mol. The number of carbonyl (C=O) groups excluding carboxylic acids is 1. The van der Waals surface area contributed by atoms with Gasteiger partial charge in [0.05, 0.1) is 36.0 Å². The Hall–Kier alpha value is -3.42. The second-order valence-electron chi connectivity index (χ2n) is 9.60. The van der Waals surface area contributed by atoms with E-state index in [1.165, 1.54) is 30.7 Å². The van der Waals surface area contributed by atoms with Crippen molar-refractivity contribution >= 4 is 21.8 Å². The summed E-state index contributed by atoms with van der Waals surface area (Å²) in [5.74, 6) is 0.197. The lowest BCUT2D eigenvalue weighted by Gasteiger charge is -2.30. The van der Waals surface area contributed by atoms with Gasteiger partial charge < -0.3 is 30.6 Å². The first-order valence-electron chi connectivity index (χ1n) is 13.3. The van der Waals surface area contributed by atoms with Gasteiger partial charge >= 0.3 is 6.09 Å². The topological polar surface area (TPSA) is 156 Å². The summed E-state index contributed by atoms with van der Waals surface area (Å²) >= 11 is 0. The molecular weight excluding hydrogens is 536 g/mol. The molecule has 11 nitrogen and oxygen atoms in total. The van der Waals surface area contributed by atoms with Gasteiger partial charge in [-0.1, -0.05) is 53.7 Å². The second kappa shape index (κ2) is 14.3. The molecule has 1 aromatic heterocycles. The van der Waals surface area contributed by atoms with Gasteiger partial charge in [0.25, 0.3) is 10.0 Å². The van der Waals surface area contributed by atoms with Crippen LogP contribution in [0.15, 0.2) is 82.5 Å². The monoisotopic (exact) mass is 572 g/mol. The first kappa shape index (κ1) is 29.6. The Morgan fingerprint density at radius 2 is 1.90 bits per heavy atom. The minimum Gasteiger partial charge on any atom is -0.469 e. The van der Waals surface area contributed by atoms with E-state index in [2.05, 4.69) is 10.6 Å². The summed E-state index contributed by atoms with van der Waals surface area (Å²) in [5, 5.41) is 17.1. The molecule has 40 heavy (non-hydrogen) atoms. The van der Waals surface area contributed by atoms with Crippen molar-refractivity contribution in [2.24, 2.45) is 5.73 Å². The highest BCUT2D eigenvalue weighted by molar-refractivity contribution is 7.89. The Balaban J connectivity index is 1.57. The zero-order chi connectivity index (χ0) is 28.4. The third-order valence-electron chi connectivity index (χ3n) is 6.55. The molecule has 0 unspecified atom stereocenters. The highest BCUT2D eigenvalue weighted by Crippen LogP contribution is 2.27. The zero-order valence-electron chi connectivity index (χ0n) is 22.1. The Labute approximate surface area is 234 Å². The molecule has 5 N–H and O–H groups in total. The lowest BCUT2D eigenvalue weighted by atomic mass is 10.0. The molecule has 1 heterocycles. The molecule has 1 fully saturated rings. The minimum absolute atomic E-state index is 0.00616. The number of hydrogen-bond donors (Lipinski definition) is 4. The third kappa shape index (κ3) is 8.29. The highest BCUT2D eigenvalue weighted by atomic mass is 32.2. The fourth-order valence-electron chi connectivity index (χ4n) is 4.49. The van der Waals surface area contributed by atoms with Crippen molar-refractivity contribution in [2.45, 2.75) is 55.2 Å². The van der Waals surface area contributed by atoms with Crippen molar-refractivity contribution < 1.29 is 32.3 Å². The van der Waals surface area contributed by atoms with Crippen LogP contribution in [-0.4, -0.2) is 62.0 Å². The maximum absolute atomic E-state index is 13.8. The van der Waals surface area contributed by atoms with Crippen LogP contribution < -0.4 is 21.1 Å². The standard InChI is InChI=1S/C28H36N4O7S/c29-14-15-30-22-9-6-12-25(18-22)40(35,36)32(39-23-10-4-5-11-23)19-27(33)26(17-21-7-2-1-3-8-21)31-28(34)38-24-13-16-37-20-24/h1-3,6-9,12-13,16,18,20,23,26-27,30,33H,4-5,10-11,14-15,17,19,29H2,(H,31,34)/t26-,27-/m0/s1. The summed E-state index contributed by atoms with van der Waals surface area (Å²) in [6.07, 6.45) is 3.68. The van der Waals surface area contributed by atoms with Crippen LogP contribution in [0, 0.1) is 0 Å². The van der Waals surface area contributed by atoms with E-state index >= 15 is 0 Å². The van der Waals surface area contributed by atoms with E-state index < -0.39 is 34.8 Å². The van der Waals surface area contributed by atoms with Gasteiger partial charge in [0.15, 0.2) is 5.75 Å². The van der Waals surface area contributed by atoms with E-state index in [1.807, 2.05) is 30.3 Å². The number of ether oxygens (including phenoxy) is 1. The Kier molecular flexibility index (Phi) is 10.6. The number of aliphatic hydroxyl groups excluding tert-OH is 1. The number of hydroxylamine groups is 1. The van der Waals surface area contributed by atoms with Crippen molar-refractivity contribution in [3.63, 3.8) is 0 Å². The number of nitrogens with zero attached hydrogens (tertiary/aromatic N) is 1. The summed E-state index contributed by atoms with van der Waals surface area (Å²) in [4.78, 5) is 18.7. The van der Waals surface area contributed by atoms with Crippen molar-refractivity contribution in [3.05, 3.63) is 78.8 Å². The SMILES string of the molecule is NCCNc1cccc(S(=O)(=O)N(C[C@H](O)[C@H](Cc2ccccc2)NC(=O)Oc2ccoc2)OC2CCCC2)c1. The van der Waals surface area contributed by atoms with Crippen LogP contribution >= 0.6 is 0 Å². The normalized spacial score (nSPS) is 15.6. The molecule has 2 atom stereocenters. The number of aliphatic hydroxyl groups is 1. The van der Waals surface area contributed by atoms with Gasteiger partial charge in [0.1, 0.15) is 6.26 Å². The van der Waals surface area contributed by atoms with E-state index in [0.29, 0.717) is 31.6 Å². The highest BCUT2D eigenvalue weighted by Gasteiger charge is 2.34. The zero-order valence-corrected chi connectivity index (χ0v) is 23.0. The van der Waals surface area contributed by atoms with Crippen LogP contribution in [0.4, 0.5) is 10.5 Å². The number of nitrogens with one attached hydrogen (secondary N) is 2. The maximum atomic E-state index is 13.8. The number of rotatable bonds is 14. The van der Waals surface area contributed by atoms with E-state index in [1.54, 1.807) is 12.1 Å². The molecule has 2 aromatic carbocycles. The van der Waals surface area contributed by atoms with E-state index in [-0.39, 0.29) is 23.2 Å². The molecule has 12 heteroatoms.